The standard InChI is InChI=1S/C14H9F2N3O6/c15-14(16)25-12-3-1-9(2-4-12)17-13(20)8-5-10(18(21)22)7-11(6-8)19(23)24/h1-7,14H,(H,17,20). The highest BCUT2D eigenvalue weighted by atomic mass is 19.3. The first kappa shape index (κ1) is 17.7. The summed E-state index contributed by atoms with van der Waals surface area (Å²) in [6.45, 7) is -2.99. The van der Waals surface area contributed by atoms with Gasteiger partial charge in [0.15, 0.2) is 0 Å². The molecule has 0 heterocycles. The van der Waals surface area contributed by atoms with Gasteiger partial charge >= 0.3 is 6.61 Å². The van der Waals surface area contributed by atoms with Gasteiger partial charge in [0.05, 0.1) is 21.5 Å². The second-order valence-corrected chi connectivity index (χ2v) is 4.61. The van der Waals surface area contributed by atoms with Gasteiger partial charge in [-0.3, -0.25) is 25.0 Å². The maximum atomic E-state index is 12.1. The number of hydrogen-bond donors (Lipinski definition) is 1. The van der Waals surface area contributed by atoms with E-state index in [-0.39, 0.29) is 17.0 Å². The highest BCUT2D eigenvalue weighted by Crippen LogP contribution is 2.24. The van der Waals surface area contributed by atoms with Gasteiger partial charge in [-0.25, -0.2) is 0 Å². The van der Waals surface area contributed by atoms with Gasteiger partial charge in [0.25, 0.3) is 17.3 Å². The summed E-state index contributed by atoms with van der Waals surface area (Å²) in [5, 5.41) is 24.0. The molecule has 0 saturated carbocycles. The fourth-order valence-electron chi connectivity index (χ4n) is 1.86. The molecule has 0 aliphatic rings. The molecule has 2 rings (SSSR count). The van der Waals surface area contributed by atoms with Crippen LogP contribution in [-0.4, -0.2) is 22.4 Å². The first-order chi connectivity index (χ1) is 11.8. The number of nitro benzene ring substituents is 2. The number of nitro groups is 2. The van der Waals surface area contributed by atoms with Gasteiger partial charge in [0, 0.05) is 17.8 Å². The number of amides is 1. The SMILES string of the molecule is O=C(Nc1ccc(OC(F)F)cc1)c1cc([N+](=O)[O-])cc([N+](=O)[O-])c1. The van der Waals surface area contributed by atoms with Crippen LogP contribution in [0.2, 0.25) is 0 Å². The van der Waals surface area contributed by atoms with Crippen LogP contribution in [0.3, 0.4) is 0 Å². The molecule has 25 heavy (non-hydrogen) atoms. The molecule has 0 aliphatic heterocycles. The lowest BCUT2D eigenvalue weighted by Crippen LogP contribution is -2.12. The summed E-state index contributed by atoms with van der Waals surface area (Å²) in [6.07, 6.45) is 0. The van der Waals surface area contributed by atoms with Crippen LogP contribution >= 0.6 is 0 Å². The van der Waals surface area contributed by atoms with Crippen molar-refractivity contribution in [3.63, 3.8) is 0 Å². The monoisotopic (exact) mass is 353 g/mol. The number of anilines is 1. The van der Waals surface area contributed by atoms with Crippen LogP contribution in [0.4, 0.5) is 25.8 Å². The van der Waals surface area contributed by atoms with E-state index in [4.69, 9.17) is 0 Å². The van der Waals surface area contributed by atoms with Crippen molar-refractivity contribution in [2.24, 2.45) is 0 Å². The van der Waals surface area contributed by atoms with Gasteiger partial charge in [-0.05, 0) is 24.3 Å². The molecule has 0 bridgehead atoms. The Bertz CT molecular complexity index is 794. The first-order valence-corrected chi connectivity index (χ1v) is 6.56. The molecule has 0 aromatic heterocycles. The van der Waals surface area contributed by atoms with E-state index >= 15 is 0 Å². The predicted octanol–water partition coefficient (Wildman–Crippen LogP) is 3.36. The summed E-state index contributed by atoms with van der Waals surface area (Å²) in [5.41, 5.74) is -1.34. The van der Waals surface area contributed by atoms with E-state index in [1.807, 2.05) is 0 Å². The molecule has 2 aromatic carbocycles. The normalized spacial score (nSPS) is 10.4. The Morgan fingerprint density at radius 3 is 1.96 bits per heavy atom. The number of alkyl halides is 2. The van der Waals surface area contributed by atoms with E-state index < -0.39 is 33.7 Å². The summed E-state index contributed by atoms with van der Waals surface area (Å²) in [5.74, 6) is -0.965. The number of benzene rings is 2. The molecule has 130 valence electrons. The third kappa shape index (κ3) is 4.67. The van der Waals surface area contributed by atoms with Crippen LogP contribution < -0.4 is 10.1 Å². The maximum Gasteiger partial charge on any atom is 0.387 e. The van der Waals surface area contributed by atoms with E-state index in [9.17, 15) is 33.8 Å². The lowest BCUT2D eigenvalue weighted by atomic mass is 10.1. The van der Waals surface area contributed by atoms with E-state index in [1.54, 1.807) is 0 Å². The van der Waals surface area contributed by atoms with E-state index in [0.29, 0.717) is 0 Å². The number of hydrogen-bond acceptors (Lipinski definition) is 6. The topological polar surface area (TPSA) is 125 Å². The fourth-order valence-corrected chi connectivity index (χ4v) is 1.86. The number of nitrogens with zero attached hydrogens (tertiary/aromatic N) is 2. The number of ether oxygens (including phenoxy) is 1. The van der Waals surface area contributed by atoms with Gasteiger partial charge in [-0.15, -0.1) is 0 Å². The van der Waals surface area contributed by atoms with Gasteiger partial charge in [-0.2, -0.15) is 8.78 Å². The van der Waals surface area contributed by atoms with Crippen molar-refractivity contribution in [3.05, 3.63) is 68.3 Å². The number of carbonyl (C=O) groups excluding carboxylic acids is 1. The fraction of sp³-hybridized carbons (Fsp3) is 0.0714. The Morgan fingerprint density at radius 2 is 1.52 bits per heavy atom. The average Bonchev–Trinajstić information content (AvgIpc) is 2.55. The highest BCUT2D eigenvalue weighted by Gasteiger charge is 2.20. The second kappa shape index (κ2) is 7.29. The highest BCUT2D eigenvalue weighted by molar-refractivity contribution is 6.05. The van der Waals surface area contributed by atoms with Crippen molar-refractivity contribution in [3.8, 4) is 5.75 Å². The van der Waals surface area contributed by atoms with Gasteiger partial charge in [0.2, 0.25) is 0 Å². The van der Waals surface area contributed by atoms with Crippen molar-refractivity contribution in [1.82, 2.24) is 0 Å². The van der Waals surface area contributed by atoms with Crippen molar-refractivity contribution in [1.29, 1.82) is 0 Å². The average molecular weight is 353 g/mol. The zero-order valence-corrected chi connectivity index (χ0v) is 12.2. The molecular formula is C14H9F2N3O6. The Hall–Kier alpha value is -3.63. The van der Waals surface area contributed by atoms with Crippen molar-refractivity contribution in [2.45, 2.75) is 6.61 Å². The van der Waals surface area contributed by atoms with E-state index in [1.165, 1.54) is 24.3 Å². The Kier molecular flexibility index (Phi) is 5.17. The minimum absolute atomic E-state index is 0.126. The molecule has 0 saturated heterocycles. The largest absolute Gasteiger partial charge is 0.435 e. The number of halogens is 2. The van der Waals surface area contributed by atoms with E-state index in [0.717, 1.165) is 18.2 Å². The predicted molar refractivity (Wildman–Crippen MR) is 80.8 cm³/mol. The Morgan fingerprint density at radius 1 is 1.00 bits per heavy atom. The smallest absolute Gasteiger partial charge is 0.387 e. The molecule has 0 unspecified atom stereocenters. The number of non-ortho nitro benzene ring substituents is 2. The minimum atomic E-state index is -2.99. The summed E-state index contributed by atoms with van der Waals surface area (Å²) < 4.78 is 28.3. The summed E-state index contributed by atoms with van der Waals surface area (Å²) >= 11 is 0. The lowest BCUT2D eigenvalue weighted by molar-refractivity contribution is -0.394. The van der Waals surface area contributed by atoms with Crippen LogP contribution in [0.15, 0.2) is 42.5 Å². The third-order valence-corrected chi connectivity index (χ3v) is 2.92. The zero-order valence-electron chi connectivity index (χ0n) is 12.2. The number of rotatable bonds is 6. The van der Waals surface area contributed by atoms with Gasteiger partial charge in [0.1, 0.15) is 5.75 Å². The van der Waals surface area contributed by atoms with Gasteiger partial charge in [-0.1, -0.05) is 0 Å². The number of carbonyl (C=O) groups is 1. The molecular weight excluding hydrogens is 344 g/mol. The molecule has 2 aromatic rings. The minimum Gasteiger partial charge on any atom is -0.435 e. The molecule has 0 aliphatic carbocycles. The molecule has 0 fully saturated rings. The molecule has 1 amide bonds. The summed E-state index contributed by atoms with van der Waals surface area (Å²) in [7, 11) is 0. The molecule has 9 nitrogen and oxygen atoms in total. The van der Waals surface area contributed by atoms with Crippen LogP contribution in [0, 0.1) is 20.2 Å². The van der Waals surface area contributed by atoms with Crippen LogP contribution in [0.5, 0.6) is 5.75 Å². The van der Waals surface area contributed by atoms with Crippen LogP contribution in [0.1, 0.15) is 10.4 Å². The molecule has 11 heteroatoms. The molecule has 0 atom stereocenters. The van der Waals surface area contributed by atoms with Gasteiger partial charge < -0.3 is 10.1 Å². The molecule has 0 radical (unpaired) electrons. The van der Waals surface area contributed by atoms with Crippen molar-refractivity contribution >= 4 is 23.0 Å². The maximum absolute atomic E-state index is 12.1. The molecule has 0 spiro atoms. The van der Waals surface area contributed by atoms with Crippen molar-refractivity contribution < 1.29 is 28.2 Å². The second-order valence-electron chi connectivity index (χ2n) is 4.61. The Balaban J connectivity index is 2.22. The van der Waals surface area contributed by atoms with Crippen LogP contribution in [0.25, 0.3) is 0 Å². The Labute approximate surface area is 138 Å². The number of nitrogens with one attached hydrogen (secondary N) is 1. The van der Waals surface area contributed by atoms with Crippen LogP contribution in [-0.2, 0) is 0 Å². The first-order valence-electron chi connectivity index (χ1n) is 6.56. The van der Waals surface area contributed by atoms with E-state index in [2.05, 4.69) is 10.1 Å². The van der Waals surface area contributed by atoms with Crippen molar-refractivity contribution in [2.75, 3.05) is 5.32 Å². The summed E-state index contributed by atoms with van der Waals surface area (Å²) in [6, 6.07) is 7.39. The third-order valence-electron chi connectivity index (χ3n) is 2.92. The molecule has 1 N–H and O–H groups in total. The summed E-state index contributed by atoms with van der Waals surface area (Å²) in [4.78, 5) is 32.0. The lowest BCUT2D eigenvalue weighted by Gasteiger charge is -2.07. The quantitative estimate of drug-likeness (QED) is 0.627. The zero-order chi connectivity index (χ0) is 18.6.